The second-order valence-electron chi connectivity index (χ2n) is 3.48. The summed E-state index contributed by atoms with van der Waals surface area (Å²) in [6.45, 7) is 0. The Balaban J connectivity index is 2.34. The molecule has 5 heteroatoms. The molecule has 2 aromatic carbocycles. The van der Waals surface area contributed by atoms with Crippen molar-refractivity contribution in [3.05, 3.63) is 50.9 Å². The van der Waals surface area contributed by atoms with Gasteiger partial charge in [-0.3, -0.25) is 0 Å². The van der Waals surface area contributed by atoms with Crippen LogP contribution >= 0.6 is 39.1 Å². The molecule has 0 atom stereocenters. The molecule has 0 radical (unpaired) electrons. The lowest BCUT2D eigenvalue weighted by Crippen LogP contribution is -1.96. The number of nitrogen functional groups attached to an aromatic ring is 1. The van der Waals surface area contributed by atoms with E-state index in [1.807, 2.05) is 24.3 Å². The maximum absolute atomic E-state index is 6.07. The van der Waals surface area contributed by atoms with Crippen LogP contribution in [0.4, 0.5) is 17.1 Å². The summed E-state index contributed by atoms with van der Waals surface area (Å²) in [6.07, 6.45) is 0. The van der Waals surface area contributed by atoms with E-state index in [1.165, 1.54) is 0 Å². The molecule has 2 rings (SSSR count). The van der Waals surface area contributed by atoms with Crippen molar-refractivity contribution in [2.45, 2.75) is 0 Å². The molecule has 2 aromatic rings. The van der Waals surface area contributed by atoms with E-state index in [2.05, 4.69) is 21.2 Å². The van der Waals surface area contributed by atoms with Crippen molar-refractivity contribution >= 4 is 56.2 Å². The van der Waals surface area contributed by atoms with Crippen LogP contribution in [-0.4, -0.2) is 0 Å². The van der Waals surface area contributed by atoms with E-state index >= 15 is 0 Å². The first-order chi connectivity index (χ1) is 8.06. The fourth-order valence-electron chi connectivity index (χ4n) is 1.37. The summed E-state index contributed by atoms with van der Waals surface area (Å²) >= 11 is 15.3. The first-order valence-corrected chi connectivity index (χ1v) is 6.38. The number of benzene rings is 2. The van der Waals surface area contributed by atoms with E-state index < -0.39 is 0 Å². The molecule has 17 heavy (non-hydrogen) atoms. The van der Waals surface area contributed by atoms with Gasteiger partial charge in [-0.25, -0.2) is 0 Å². The van der Waals surface area contributed by atoms with Crippen LogP contribution in [0.2, 0.25) is 10.0 Å². The van der Waals surface area contributed by atoms with E-state index in [1.54, 1.807) is 12.1 Å². The van der Waals surface area contributed by atoms with E-state index in [9.17, 15) is 0 Å². The minimum atomic E-state index is 0.553. The quantitative estimate of drug-likeness (QED) is 0.753. The third kappa shape index (κ3) is 3.06. The van der Waals surface area contributed by atoms with Crippen LogP contribution < -0.4 is 11.1 Å². The Morgan fingerprint density at radius 3 is 2.47 bits per heavy atom. The Morgan fingerprint density at radius 1 is 1.00 bits per heavy atom. The minimum absolute atomic E-state index is 0.553. The summed E-state index contributed by atoms with van der Waals surface area (Å²) < 4.78 is 0.944. The lowest BCUT2D eigenvalue weighted by molar-refractivity contribution is 1.53. The second kappa shape index (κ2) is 5.17. The third-order valence-electron chi connectivity index (χ3n) is 2.22. The summed E-state index contributed by atoms with van der Waals surface area (Å²) in [5.74, 6) is 0. The van der Waals surface area contributed by atoms with E-state index in [0.717, 1.165) is 15.8 Å². The number of nitrogens with one attached hydrogen (secondary N) is 1. The molecule has 0 unspecified atom stereocenters. The van der Waals surface area contributed by atoms with Gasteiger partial charge in [0.25, 0.3) is 0 Å². The van der Waals surface area contributed by atoms with Gasteiger partial charge >= 0.3 is 0 Å². The molecule has 0 aliphatic carbocycles. The predicted molar refractivity (Wildman–Crippen MR) is 78.3 cm³/mol. The highest BCUT2D eigenvalue weighted by Gasteiger charge is 2.04. The zero-order chi connectivity index (χ0) is 12.4. The number of hydrogen-bond acceptors (Lipinski definition) is 2. The van der Waals surface area contributed by atoms with Crippen molar-refractivity contribution in [3.8, 4) is 0 Å². The van der Waals surface area contributed by atoms with Crippen LogP contribution in [0, 0.1) is 0 Å². The Kier molecular flexibility index (Phi) is 3.82. The molecule has 0 heterocycles. The largest absolute Gasteiger partial charge is 0.397 e. The second-order valence-corrected chi connectivity index (χ2v) is 5.24. The molecular weight excluding hydrogens is 323 g/mol. The molecule has 3 N–H and O–H groups in total. The monoisotopic (exact) mass is 330 g/mol. The van der Waals surface area contributed by atoms with Crippen LogP contribution in [0.5, 0.6) is 0 Å². The highest BCUT2D eigenvalue weighted by Crippen LogP contribution is 2.31. The van der Waals surface area contributed by atoms with E-state index in [-0.39, 0.29) is 0 Å². The highest BCUT2D eigenvalue weighted by molar-refractivity contribution is 9.10. The Bertz CT molecular complexity index is 558. The molecule has 0 amide bonds. The molecule has 2 nitrogen and oxygen atoms in total. The zero-order valence-electron chi connectivity index (χ0n) is 8.68. The van der Waals surface area contributed by atoms with Crippen LogP contribution in [0.25, 0.3) is 0 Å². The highest BCUT2D eigenvalue weighted by atomic mass is 79.9. The summed E-state index contributed by atoms with van der Waals surface area (Å²) in [5.41, 5.74) is 8.08. The van der Waals surface area contributed by atoms with Gasteiger partial charge in [0.15, 0.2) is 0 Å². The van der Waals surface area contributed by atoms with Crippen molar-refractivity contribution in [3.63, 3.8) is 0 Å². The summed E-state index contributed by atoms with van der Waals surface area (Å²) in [7, 11) is 0. The average Bonchev–Trinajstić information content (AvgIpc) is 2.27. The molecule has 0 saturated heterocycles. The summed E-state index contributed by atoms with van der Waals surface area (Å²) in [6, 6.07) is 10.8. The van der Waals surface area contributed by atoms with E-state index in [4.69, 9.17) is 28.9 Å². The molecule has 0 aliphatic heterocycles. The van der Waals surface area contributed by atoms with Crippen molar-refractivity contribution in [2.24, 2.45) is 0 Å². The molecule has 0 bridgehead atoms. The fourth-order valence-corrected chi connectivity index (χ4v) is 2.19. The Morgan fingerprint density at radius 2 is 1.76 bits per heavy atom. The van der Waals surface area contributed by atoms with Crippen LogP contribution in [0.1, 0.15) is 0 Å². The van der Waals surface area contributed by atoms with E-state index in [0.29, 0.717) is 15.7 Å². The molecule has 88 valence electrons. The SMILES string of the molecule is Nc1ccc(Br)cc1Nc1ccc(Cl)cc1Cl. The molecule has 0 fully saturated rings. The molecule has 0 spiro atoms. The normalized spacial score (nSPS) is 10.3. The number of rotatable bonds is 2. The molecular formula is C12H9BrCl2N2. The standard InChI is InChI=1S/C12H9BrCl2N2/c13-7-1-3-10(16)12(5-7)17-11-4-2-8(14)6-9(11)15/h1-6,17H,16H2. The maximum atomic E-state index is 6.07. The van der Waals surface area contributed by atoms with Crippen molar-refractivity contribution in [1.29, 1.82) is 0 Å². The number of anilines is 3. The van der Waals surface area contributed by atoms with Crippen molar-refractivity contribution in [2.75, 3.05) is 11.1 Å². The van der Waals surface area contributed by atoms with Gasteiger partial charge in [-0.05, 0) is 36.4 Å². The van der Waals surface area contributed by atoms with Gasteiger partial charge in [-0.15, -0.1) is 0 Å². The third-order valence-corrected chi connectivity index (χ3v) is 3.26. The maximum Gasteiger partial charge on any atom is 0.0655 e. The average molecular weight is 332 g/mol. The topological polar surface area (TPSA) is 38.0 Å². The number of halogens is 3. The van der Waals surface area contributed by atoms with Gasteiger partial charge in [0.1, 0.15) is 0 Å². The van der Waals surface area contributed by atoms with Gasteiger partial charge in [0.2, 0.25) is 0 Å². The predicted octanol–water partition coefficient (Wildman–Crippen LogP) is 5.08. The van der Waals surface area contributed by atoms with Gasteiger partial charge in [0.05, 0.1) is 22.1 Å². The summed E-state index contributed by atoms with van der Waals surface area (Å²) in [5, 5.41) is 4.32. The Labute approximate surface area is 118 Å². The lowest BCUT2D eigenvalue weighted by atomic mass is 10.2. The molecule has 0 aromatic heterocycles. The molecule has 0 saturated carbocycles. The van der Waals surface area contributed by atoms with Crippen molar-refractivity contribution in [1.82, 2.24) is 0 Å². The first kappa shape index (κ1) is 12.6. The van der Waals surface area contributed by atoms with Gasteiger partial charge in [-0.1, -0.05) is 39.1 Å². The minimum Gasteiger partial charge on any atom is -0.397 e. The number of nitrogens with two attached hydrogens (primary N) is 1. The molecule has 0 aliphatic rings. The fraction of sp³-hybridized carbons (Fsp3) is 0. The lowest BCUT2D eigenvalue weighted by Gasteiger charge is -2.11. The van der Waals surface area contributed by atoms with Gasteiger partial charge < -0.3 is 11.1 Å². The van der Waals surface area contributed by atoms with Gasteiger partial charge in [0, 0.05) is 9.50 Å². The van der Waals surface area contributed by atoms with Gasteiger partial charge in [-0.2, -0.15) is 0 Å². The first-order valence-electron chi connectivity index (χ1n) is 4.83. The Hall–Kier alpha value is -0.900. The van der Waals surface area contributed by atoms with Crippen molar-refractivity contribution < 1.29 is 0 Å². The smallest absolute Gasteiger partial charge is 0.0655 e. The number of hydrogen-bond donors (Lipinski definition) is 2. The van der Waals surface area contributed by atoms with Crippen LogP contribution in [0.3, 0.4) is 0 Å². The van der Waals surface area contributed by atoms with Crippen LogP contribution in [-0.2, 0) is 0 Å². The zero-order valence-corrected chi connectivity index (χ0v) is 11.8. The summed E-state index contributed by atoms with van der Waals surface area (Å²) in [4.78, 5) is 0. The van der Waals surface area contributed by atoms with Crippen LogP contribution in [0.15, 0.2) is 40.9 Å².